The van der Waals surface area contributed by atoms with Gasteiger partial charge in [0.1, 0.15) is 0 Å². The van der Waals surface area contributed by atoms with Crippen molar-refractivity contribution in [2.75, 3.05) is 13.2 Å². The normalized spacial score (nSPS) is 22.0. The Morgan fingerprint density at radius 1 is 0.574 bits per heavy atom. The van der Waals surface area contributed by atoms with Crippen molar-refractivity contribution in [3.05, 3.63) is 82.9 Å². The molecule has 0 saturated heterocycles. The minimum atomic E-state index is 0.556. The Balaban J connectivity index is 1.39. The second-order valence-corrected chi connectivity index (χ2v) is 14.4. The molecule has 0 radical (unpaired) electrons. The first-order valence-electron chi connectivity index (χ1n) is 19.1. The fourth-order valence-corrected chi connectivity index (χ4v) is 8.12. The maximum atomic E-state index is 9.36. The Morgan fingerprint density at radius 3 is 1.30 bits per heavy atom. The summed E-state index contributed by atoms with van der Waals surface area (Å²) in [5.41, 5.74) is 6.69. The van der Waals surface area contributed by atoms with Gasteiger partial charge in [-0.05, 0) is 122 Å². The third-order valence-electron chi connectivity index (χ3n) is 11.0. The summed E-state index contributed by atoms with van der Waals surface area (Å²) in [6.07, 6.45) is 28.6. The molecular weight excluding hydrogens is 572 g/mol. The number of hydrogen-bond donors (Lipinski definition) is 0. The molecule has 252 valence electrons. The van der Waals surface area contributed by atoms with Gasteiger partial charge in [0, 0.05) is 0 Å². The van der Waals surface area contributed by atoms with Crippen molar-refractivity contribution in [2.24, 2.45) is 23.7 Å². The van der Waals surface area contributed by atoms with Gasteiger partial charge in [0.05, 0.1) is 36.5 Å². The zero-order valence-corrected chi connectivity index (χ0v) is 29.5. The molecule has 0 aromatic heterocycles. The molecule has 2 fully saturated rings. The Labute approximate surface area is 287 Å². The van der Waals surface area contributed by atoms with Crippen molar-refractivity contribution in [3.63, 3.8) is 0 Å². The number of benzene rings is 2. The first kappa shape index (κ1) is 36.7. The molecular formula is C44H60N2O. The maximum Gasteiger partial charge on any atom is 0.0991 e. The molecule has 47 heavy (non-hydrogen) atoms. The monoisotopic (exact) mass is 632 g/mol. The van der Waals surface area contributed by atoms with Crippen LogP contribution in [-0.4, -0.2) is 13.2 Å². The molecule has 0 amide bonds. The molecule has 3 nitrogen and oxygen atoms in total. The summed E-state index contributed by atoms with van der Waals surface area (Å²) >= 11 is 0. The average Bonchev–Trinajstić information content (AvgIpc) is 3.13. The number of nitriles is 2. The Bertz CT molecular complexity index is 1200. The third-order valence-corrected chi connectivity index (χ3v) is 11.0. The smallest absolute Gasteiger partial charge is 0.0991 e. The summed E-state index contributed by atoms with van der Waals surface area (Å²) in [6, 6.07) is 20.9. The molecule has 2 aromatic carbocycles. The van der Waals surface area contributed by atoms with Crippen molar-refractivity contribution < 1.29 is 4.74 Å². The largest absolute Gasteiger partial charge is 0.373 e. The van der Waals surface area contributed by atoms with Crippen molar-refractivity contribution in [2.45, 2.75) is 129 Å². The summed E-state index contributed by atoms with van der Waals surface area (Å²) in [4.78, 5) is 0. The fraction of sp³-hybridized carbons (Fsp3) is 0.591. The van der Waals surface area contributed by atoms with Crippen LogP contribution in [0, 0.1) is 46.3 Å². The Hall–Kier alpha value is -3.14. The van der Waals surface area contributed by atoms with E-state index < -0.39 is 0 Å². The average molecular weight is 633 g/mol. The number of allylic oxidation sites excluding steroid dienone is 2. The van der Waals surface area contributed by atoms with Gasteiger partial charge in [-0.1, -0.05) is 114 Å². The first-order valence-corrected chi connectivity index (χ1v) is 19.1. The van der Waals surface area contributed by atoms with Crippen molar-refractivity contribution >= 4 is 11.1 Å². The highest BCUT2D eigenvalue weighted by Crippen LogP contribution is 2.41. The van der Waals surface area contributed by atoms with Gasteiger partial charge in [-0.3, -0.25) is 0 Å². The van der Waals surface area contributed by atoms with Gasteiger partial charge in [-0.25, -0.2) is 0 Å². The number of ether oxygens (including phenoxy) is 1. The minimum absolute atomic E-state index is 0.556. The maximum absolute atomic E-state index is 9.36. The first-order chi connectivity index (χ1) is 23.1. The highest BCUT2D eigenvalue weighted by molar-refractivity contribution is 5.69. The molecule has 0 N–H and O–H groups in total. The van der Waals surface area contributed by atoms with Crippen LogP contribution in [-0.2, 0) is 4.74 Å². The summed E-state index contributed by atoms with van der Waals surface area (Å²) in [5.74, 6) is 2.87. The second kappa shape index (κ2) is 21.0. The minimum Gasteiger partial charge on any atom is -0.373 e. The Morgan fingerprint density at radius 2 is 0.957 bits per heavy atom. The third kappa shape index (κ3) is 12.1. The fourth-order valence-electron chi connectivity index (χ4n) is 8.12. The Kier molecular flexibility index (Phi) is 16.4. The summed E-state index contributed by atoms with van der Waals surface area (Å²) in [6.45, 7) is 5.76. The van der Waals surface area contributed by atoms with Crippen molar-refractivity contribution in [3.8, 4) is 12.1 Å². The quantitative estimate of drug-likeness (QED) is 0.154. The summed E-state index contributed by atoms with van der Waals surface area (Å²) in [7, 11) is 0. The van der Waals surface area contributed by atoms with Crippen LogP contribution in [0.4, 0.5) is 0 Å². The van der Waals surface area contributed by atoms with Gasteiger partial charge in [0.2, 0.25) is 0 Å². The zero-order chi connectivity index (χ0) is 33.1. The molecule has 0 bridgehead atoms. The molecule has 0 atom stereocenters. The van der Waals surface area contributed by atoms with Gasteiger partial charge >= 0.3 is 0 Å². The van der Waals surface area contributed by atoms with E-state index in [-0.39, 0.29) is 0 Å². The van der Waals surface area contributed by atoms with E-state index in [1.807, 2.05) is 24.3 Å². The zero-order valence-electron chi connectivity index (χ0n) is 29.5. The molecule has 0 unspecified atom stereocenters. The summed E-state index contributed by atoms with van der Waals surface area (Å²) in [5, 5.41) is 18.7. The number of hydrogen-bond acceptors (Lipinski definition) is 3. The number of rotatable bonds is 18. The predicted molar refractivity (Wildman–Crippen MR) is 198 cm³/mol. The van der Waals surface area contributed by atoms with E-state index >= 15 is 0 Å². The van der Waals surface area contributed by atoms with Crippen LogP contribution in [0.5, 0.6) is 0 Å². The second-order valence-electron chi connectivity index (χ2n) is 14.4. The van der Waals surface area contributed by atoms with Gasteiger partial charge in [-0.2, -0.15) is 10.5 Å². The van der Waals surface area contributed by atoms with E-state index in [1.54, 1.807) is 0 Å². The van der Waals surface area contributed by atoms with E-state index in [1.165, 1.54) is 138 Å². The molecule has 2 aromatic rings. The lowest BCUT2D eigenvalue weighted by Crippen LogP contribution is -2.17. The molecule has 2 aliphatic carbocycles. The van der Waals surface area contributed by atoms with Crippen LogP contribution in [0.25, 0.3) is 11.1 Å². The van der Waals surface area contributed by atoms with Crippen LogP contribution in [0.1, 0.15) is 152 Å². The van der Waals surface area contributed by atoms with Gasteiger partial charge in [0.15, 0.2) is 0 Å². The van der Waals surface area contributed by atoms with Crippen LogP contribution < -0.4 is 0 Å². The van der Waals surface area contributed by atoms with Crippen molar-refractivity contribution in [1.82, 2.24) is 0 Å². The molecule has 3 heteroatoms. The molecule has 0 aliphatic heterocycles. The van der Waals surface area contributed by atoms with Crippen LogP contribution >= 0.6 is 0 Å². The topological polar surface area (TPSA) is 56.8 Å². The van der Waals surface area contributed by atoms with Crippen LogP contribution in [0.2, 0.25) is 0 Å². The van der Waals surface area contributed by atoms with E-state index in [4.69, 9.17) is 4.74 Å². The molecule has 0 spiro atoms. The molecule has 4 rings (SSSR count). The lowest BCUT2D eigenvalue weighted by Gasteiger charge is -2.31. The number of nitrogens with zero attached hydrogens (tertiary/aromatic N) is 2. The van der Waals surface area contributed by atoms with E-state index in [2.05, 4.69) is 62.4 Å². The number of unbranched alkanes of at least 4 members (excludes halogenated alkanes) is 6. The molecule has 2 saturated carbocycles. The van der Waals surface area contributed by atoms with E-state index in [0.29, 0.717) is 36.2 Å². The van der Waals surface area contributed by atoms with Gasteiger partial charge < -0.3 is 4.74 Å². The van der Waals surface area contributed by atoms with Crippen molar-refractivity contribution in [1.29, 1.82) is 10.5 Å². The lowest BCUT2D eigenvalue weighted by atomic mass is 9.75. The predicted octanol–water partition coefficient (Wildman–Crippen LogP) is 12.5. The highest BCUT2D eigenvalue weighted by atomic mass is 16.5. The highest BCUT2D eigenvalue weighted by Gasteiger charge is 2.26. The summed E-state index contributed by atoms with van der Waals surface area (Å²) < 4.78 is 6.35. The van der Waals surface area contributed by atoms with Gasteiger partial charge in [-0.15, -0.1) is 0 Å². The van der Waals surface area contributed by atoms with Crippen LogP contribution in [0.15, 0.2) is 60.7 Å². The van der Waals surface area contributed by atoms with Gasteiger partial charge in [0.25, 0.3) is 0 Å². The van der Waals surface area contributed by atoms with Crippen LogP contribution in [0.3, 0.4) is 0 Å². The molecule has 0 heterocycles. The van der Waals surface area contributed by atoms with E-state index in [9.17, 15) is 10.5 Å². The SMILES string of the molecule is CCCCCCC1CCC(C(=CCOCC=C(c2ccc(C#N)cc2)C2CCC(CCCCCC)CC2)c2ccc(C#N)cc2)CC1. The standard InChI is InChI=1S/C44H60N2O/c1-3-5-7-9-11-35-13-21-39(22-14-35)43(41-25-17-37(33-45)18-26-41)29-31-47-32-30-44(42-27-19-38(34-46)20-28-42)40-23-15-36(16-24-40)12-10-8-6-4-2/h17-20,25-30,35-36,39-40H,3-16,21-24,31-32H2,1-2H3. The van der Waals surface area contributed by atoms with E-state index in [0.717, 1.165) is 11.8 Å². The molecule has 2 aliphatic rings. The lowest BCUT2D eigenvalue weighted by molar-refractivity contribution is 0.193.